The van der Waals surface area contributed by atoms with Gasteiger partial charge in [-0.1, -0.05) is 24.1 Å². The molecular weight excluding hydrogens is 358 g/mol. The van der Waals surface area contributed by atoms with E-state index >= 15 is 0 Å². The average Bonchev–Trinajstić information content (AvgIpc) is 2.93. The maximum atomic E-state index is 11.1. The lowest BCUT2D eigenvalue weighted by Gasteiger charge is -2.52. The van der Waals surface area contributed by atoms with Crippen molar-refractivity contribution >= 4 is 11.7 Å². The van der Waals surface area contributed by atoms with Crippen LogP contribution in [0.25, 0.3) is 0 Å². The maximum Gasteiger partial charge on any atom is 0.344 e. The lowest BCUT2D eigenvalue weighted by atomic mass is 9.53. The van der Waals surface area contributed by atoms with Crippen molar-refractivity contribution in [2.45, 2.75) is 50.5 Å². The molecule has 6 nitrogen and oxygen atoms in total. The molecule has 6 heteroatoms. The topological polar surface area (TPSA) is 99.4 Å². The molecule has 0 bridgehead atoms. The van der Waals surface area contributed by atoms with Crippen LogP contribution in [-0.2, 0) is 9.63 Å². The zero-order valence-corrected chi connectivity index (χ0v) is 15.9. The number of fused-ring (bicyclic) bond motifs is 5. The van der Waals surface area contributed by atoms with Crippen LogP contribution in [0.3, 0.4) is 0 Å². The van der Waals surface area contributed by atoms with Gasteiger partial charge in [-0.15, -0.1) is 6.42 Å². The van der Waals surface area contributed by atoms with Gasteiger partial charge in [0.1, 0.15) is 11.4 Å². The smallest absolute Gasteiger partial charge is 0.344 e. The van der Waals surface area contributed by atoms with Crippen molar-refractivity contribution in [3.8, 4) is 18.1 Å². The fourth-order valence-electron chi connectivity index (χ4n) is 5.91. The van der Waals surface area contributed by atoms with Gasteiger partial charge in [-0.05, 0) is 67.6 Å². The van der Waals surface area contributed by atoms with Crippen molar-refractivity contribution in [1.29, 1.82) is 0 Å². The second-order valence-electron chi connectivity index (χ2n) is 8.56. The van der Waals surface area contributed by atoms with Gasteiger partial charge in [0, 0.05) is 11.0 Å². The number of aliphatic hydroxyl groups is 1. The maximum absolute atomic E-state index is 11.1. The van der Waals surface area contributed by atoms with Crippen LogP contribution in [0.4, 0.5) is 0 Å². The number of hydrogen-bond donors (Lipinski definition) is 3. The fraction of sp³-hybridized carbons (Fsp3) is 0.545. The van der Waals surface area contributed by atoms with Crippen LogP contribution in [0.15, 0.2) is 23.4 Å². The minimum absolute atomic E-state index is 0.145. The van der Waals surface area contributed by atoms with Gasteiger partial charge in [-0.25, -0.2) is 4.79 Å². The molecule has 0 spiro atoms. The van der Waals surface area contributed by atoms with Crippen LogP contribution in [0.1, 0.15) is 56.1 Å². The zero-order valence-electron chi connectivity index (χ0n) is 15.9. The minimum atomic E-state index is -1.09. The number of benzene rings is 1. The third-order valence-corrected chi connectivity index (χ3v) is 7.37. The van der Waals surface area contributed by atoms with Crippen LogP contribution >= 0.6 is 0 Å². The number of carbonyl (C=O) groups is 1. The summed E-state index contributed by atoms with van der Waals surface area (Å²) < 4.78 is 0. The van der Waals surface area contributed by atoms with Crippen LogP contribution in [-0.4, -0.2) is 39.2 Å². The van der Waals surface area contributed by atoms with E-state index in [0.29, 0.717) is 24.5 Å². The standard InChI is InChI=1S/C22H25NO5/c1-3-22(27)9-7-18-16-11-19(23-28-12-20(25)26)17-10-13(24)4-5-14(17)15(16)6-8-21(18,22)2/h1,4-5,10,15-16,18,24,27H,6-9,11-12H2,2H3,(H,25,26)/t15?,16?,18?,21-,22-/m0/s1. The third kappa shape index (κ3) is 2.68. The molecule has 0 amide bonds. The molecule has 3 N–H and O–H groups in total. The normalized spacial score (nSPS) is 37.5. The highest BCUT2D eigenvalue weighted by molar-refractivity contribution is 6.03. The van der Waals surface area contributed by atoms with Crippen molar-refractivity contribution in [2.75, 3.05) is 6.61 Å². The Morgan fingerprint density at radius 2 is 2.18 bits per heavy atom. The number of phenols is 1. The summed E-state index contributed by atoms with van der Waals surface area (Å²) >= 11 is 0. The van der Waals surface area contributed by atoms with E-state index in [2.05, 4.69) is 18.0 Å². The van der Waals surface area contributed by atoms with Crippen LogP contribution < -0.4 is 0 Å². The summed E-state index contributed by atoms with van der Waals surface area (Å²) in [5, 5.41) is 34.0. The molecule has 0 aliphatic heterocycles. The van der Waals surface area contributed by atoms with Crippen molar-refractivity contribution in [1.82, 2.24) is 0 Å². The summed E-state index contributed by atoms with van der Waals surface area (Å²) in [5.41, 5.74) is 1.14. The van der Waals surface area contributed by atoms with E-state index in [9.17, 15) is 15.0 Å². The largest absolute Gasteiger partial charge is 0.508 e. The summed E-state index contributed by atoms with van der Waals surface area (Å²) in [6.07, 6.45) is 9.53. The Kier molecular flexibility index (Phi) is 4.39. The molecule has 3 aliphatic rings. The lowest BCUT2D eigenvalue weighted by molar-refractivity contribution is -0.142. The number of aliphatic carboxylic acids is 1. The highest BCUT2D eigenvalue weighted by atomic mass is 16.6. The van der Waals surface area contributed by atoms with E-state index in [1.54, 1.807) is 12.1 Å². The number of rotatable bonds is 3. The Labute approximate surface area is 164 Å². The van der Waals surface area contributed by atoms with Gasteiger partial charge in [0.15, 0.2) is 0 Å². The van der Waals surface area contributed by atoms with Gasteiger partial charge in [-0.3, -0.25) is 0 Å². The molecular formula is C22H25NO5. The SMILES string of the molecule is C#C[C@]1(O)CCC2C3CC(=NOCC(=O)O)c4cc(O)ccc4C3CC[C@@]21C. The number of carboxylic acids is 1. The minimum Gasteiger partial charge on any atom is -0.508 e. The molecule has 0 heterocycles. The first-order chi connectivity index (χ1) is 13.3. The second kappa shape index (κ2) is 6.52. The third-order valence-electron chi connectivity index (χ3n) is 7.37. The van der Waals surface area contributed by atoms with Crippen molar-refractivity contribution in [2.24, 2.45) is 22.4 Å². The first-order valence-electron chi connectivity index (χ1n) is 9.73. The molecule has 3 unspecified atom stereocenters. The molecule has 148 valence electrons. The molecule has 4 rings (SSSR count). The van der Waals surface area contributed by atoms with Gasteiger partial charge in [-0.2, -0.15) is 0 Å². The Bertz CT molecular complexity index is 887. The molecule has 1 aromatic carbocycles. The second-order valence-corrected chi connectivity index (χ2v) is 8.56. The van der Waals surface area contributed by atoms with E-state index in [4.69, 9.17) is 16.4 Å². The van der Waals surface area contributed by atoms with E-state index in [-0.39, 0.29) is 23.0 Å². The first kappa shape index (κ1) is 18.8. The molecule has 2 saturated carbocycles. The van der Waals surface area contributed by atoms with E-state index < -0.39 is 18.2 Å². The fourth-order valence-corrected chi connectivity index (χ4v) is 5.91. The lowest BCUT2D eigenvalue weighted by Crippen LogP contribution is -2.50. The highest BCUT2D eigenvalue weighted by Crippen LogP contribution is 2.64. The highest BCUT2D eigenvalue weighted by Gasteiger charge is 2.61. The van der Waals surface area contributed by atoms with Gasteiger partial charge in [0.05, 0.1) is 5.71 Å². The molecule has 1 aromatic rings. The Hall–Kier alpha value is -2.52. The molecule has 28 heavy (non-hydrogen) atoms. The average molecular weight is 383 g/mol. The van der Waals surface area contributed by atoms with Gasteiger partial charge < -0.3 is 20.2 Å². The number of terminal acetylenes is 1. The monoisotopic (exact) mass is 383 g/mol. The number of aromatic hydroxyl groups is 1. The first-order valence-corrected chi connectivity index (χ1v) is 9.73. The molecule has 0 aromatic heterocycles. The number of hydrogen-bond acceptors (Lipinski definition) is 5. The van der Waals surface area contributed by atoms with Gasteiger partial charge >= 0.3 is 5.97 Å². The van der Waals surface area contributed by atoms with E-state index in [1.165, 1.54) is 0 Å². The summed E-state index contributed by atoms with van der Waals surface area (Å²) in [5.74, 6) is 2.51. The van der Waals surface area contributed by atoms with Gasteiger partial charge in [0.2, 0.25) is 6.61 Å². The summed E-state index contributed by atoms with van der Waals surface area (Å²) in [4.78, 5) is 15.8. The Morgan fingerprint density at radius 1 is 1.39 bits per heavy atom. The molecule has 0 saturated heterocycles. The Morgan fingerprint density at radius 3 is 2.89 bits per heavy atom. The summed E-state index contributed by atoms with van der Waals surface area (Å²) in [6, 6.07) is 5.28. The summed E-state index contributed by atoms with van der Waals surface area (Å²) in [7, 11) is 0. The molecule has 3 aliphatic carbocycles. The van der Waals surface area contributed by atoms with Crippen LogP contribution in [0.5, 0.6) is 5.75 Å². The van der Waals surface area contributed by atoms with E-state index in [1.807, 2.05) is 6.07 Å². The predicted molar refractivity (Wildman–Crippen MR) is 103 cm³/mol. The van der Waals surface area contributed by atoms with Gasteiger partial charge in [0.25, 0.3) is 0 Å². The quantitative estimate of drug-likeness (QED) is 0.551. The Balaban J connectivity index is 1.74. The number of nitrogens with zero attached hydrogens (tertiary/aromatic N) is 1. The number of carboxylic acid groups (broad SMARTS) is 1. The van der Waals surface area contributed by atoms with Crippen molar-refractivity contribution in [3.63, 3.8) is 0 Å². The van der Waals surface area contributed by atoms with Crippen molar-refractivity contribution < 1.29 is 25.0 Å². The number of phenolic OH excluding ortho intramolecular Hbond substituents is 1. The summed E-state index contributed by atoms with van der Waals surface area (Å²) in [6.45, 7) is 1.59. The predicted octanol–water partition coefficient (Wildman–Crippen LogP) is 2.88. The number of oxime groups is 1. The van der Waals surface area contributed by atoms with Crippen LogP contribution in [0.2, 0.25) is 0 Å². The zero-order chi connectivity index (χ0) is 20.1. The molecule has 0 radical (unpaired) electrons. The van der Waals surface area contributed by atoms with Crippen molar-refractivity contribution in [3.05, 3.63) is 29.3 Å². The molecule has 2 fully saturated rings. The van der Waals surface area contributed by atoms with Crippen LogP contribution in [0, 0.1) is 29.6 Å². The molecule has 5 atom stereocenters. The van der Waals surface area contributed by atoms with E-state index in [0.717, 1.165) is 30.4 Å².